The molecule has 348 valence electrons. The fourth-order valence-corrected chi connectivity index (χ4v) is 7.85. The minimum Gasteiger partial charge on any atom is -0.387 e. The Morgan fingerprint density at radius 3 is 1.34 bits per heavy atom. The van der Waals surface area contributed by atoms with Crippen LogP contribution in [0.4, 0.5) is 0 Å². The van der Waals surface area contributed by atoms with Gasteiger partial charge in [0.1, 0.15) is 13.2 Å². The molecule has 0 saturated heterocycles. The summed E-state index contributed by atoms with van der Waals surface area (Å²) in [6, 6.07) is -0.865. The lowest BCUT2D eigenvalue weighted by Gasteiger charge is -2.25. The van der Waals surface area contributed by atoms with E-state index in [4.69, 9.17) is 9.05 Å². The van der Waals surface area contributed by atoms with Gasteiger partial charge in [0.15, 0.2) is 0 Å². The predicted octanol–water partition coefficient (Wildman–Crippen LogP) is 14.3. The summed E-state index contributed by atoms with van der Waals surface area (Å²) < 4.78 is 23.5. The average Bonchev–Trinajstić information content (AvgIpc) is 3.19. The van der Waals surface area contributed by atoms with Gasteiger partial charge in [-0.2, -0.15) is 0 Å². The van der Waals surface area contributed by atoms with E-state index in [1.807, 2.05) is 27.2 Å². The maximum absolute atomic E-state index is 12.9. The van der Waals surface area contributed by atoms with E-state index in [-0.39, 0.29) is 19.1 Å². The molecular weight excluding hydrogens is 756 g/mol. The molecule has 0 spiro atoms. The van der Waals surface area contributed by atoms with E-state index in [0.717, 1.165) is 51.4 Å². The van der Waals surface area contributed by atoms with Gasteiger partial charge in [0.2, 0.25) is 5.91 Å². The zero-order valence-electron chi connectivity index (χ0n) is 39.5. The van der Waals surface area contributed by atoms with Crippen molar-refractivity contribution < 1.29 is 32.9 Å². The normalized spacial score (nSPS) is 14.5. The lowest BCUT2D eigenvalue weighted by molar-refractivity contribution is -0.870. The highest BCUT2D eigenvalue weighted by molar-refractivity contribution is 7.47. The molecule has 0 bridgehead atoms. The van der Waals surface area contributed by atoms with Gasteiger partial charge in [-0.25, -0.2) is 4.57 Å². The second kappa shape index (κ2) is 42.0. The first-order chi connectivity index (χ1) is 28.5. The van der Waals surface area contributed by atoms with Crippen LogP contribution in [0.3, 0.4) is 0 Å². The van der Waals surface area contributed by atoms with E-state index >= 15 is 0 Å². The molecule has 1 amide bonds. The Kier molecular flexibility index (Phi) is 41.1. The van der Waals surface area contributed by atoms with Gasteiger partial charge < -0.3 is 19.8 Å². The number of carbonyl (C=O) groups excluding carboxylic acids is 1. The third-order valence-electron chi connectivity index (χ3n) is 11.1. The van der Waals surface area contributed by atoms with Gasteiger partial charge in [0.05, 0.1) is 39.9 Å². The van der Waals surface area contributed by atoms with Crippen molar-refractivity contribution in [1.82, 2.24) is 5.32 Å². The maximum atomic E-state index is 12.9. The summed E-state index contributed by atoms with van der Waals surface area (Å²) in [7, 11) is 1.55. The summed E-state index contributed by atoms with van der Waals surface area (Å²) in [5.74, 6) is -0.189. The second-order valence-corrected chi connectivity index (χ2v) is 19.6. The Morgan fingerprint density at radius 2 is 0.932 bits per heavy atom. The van der Waals surface area contributed by atoms with Crippen molar-refractivity contribution in [1.29, 1.82) is 0 Å². The highest BCUT2D eigenvalue weighted by Crippen LogP contribution is 2.43. The predicted molar refractivity (Wildman–Crippen MR) is 254 cm³/mol. The van der Waals surface area contributed by atoms with E-state index in [1.165, 1.54) is 154 Å². The zero-order valence-corrected chi connectivity index (χ0v) is 40.4. The molecule has 3 atom stereocenters. The molecule has 9 heteroatoms. The maximum Gasteiger partial charge on any atom is 0.472 e. The first-order valence-corrected chi connectivity index (χ1v) is 26.4. The number of amides is 1. The monoisotopic (exact) mass is 854 g/mol. The number of quaternary nitrogens is 1. The Bertz CT molecular complexity index is 1060. The highest BCUT2D eigenvalue weighted by Gasteiger charge is 2.27. The highest BCUT2D eigenvalue weighted by atomic mass is 31.2. The third kappa shape index (κ3) is 44.6. The molecule has 0 aliphatic heterocycles. The number of rotatable bonds is 45. The SMILES string of the molecule is CCCC/C=C/CC/C=C/CC/C=C/C(O)C(COP(=O)(O)OCC[N+](C)(C)C)NC(=O)CCCCCCCCCCCCCCCCCCCCCCCCCCC. The number of aliphatic hydroxyl groups excluding tert-OH is 1. The quantitative estimate of drug-likeness (QED) is 0.0244. The molecule has 0 radical (unpaired) electrons. The van der Waals surface area contributed by atoms with Crippen molar-refractivity contribution in [3.63, 3.8) is 0 Å². The van der Waals surface area contributed by atoms with Gasteiger partial charge >= 0.3 is 7.82 Å². The van der Waals surface area contributed by atoms with Crippen LogP contribution in [0, 0.1) is 0 Å². The molecule has 59 heavy (non-hydrogen) atoms. The summed E-state index contributed by atoms with van der Waals surface area (Å²) in [4.78, 5) is 23.1. The van der Waals surface area contributed by atoms with E-state index in [1.54, 1.807) is 6.08 Å². The van der Waals surface area contributed by atoms with Crippen molar-refractivity contribution in [3.05, 3.63) is 36.5 Å². The third-order valence-corrected chi connectivity index (χ3v) is 12.1. The first kappa shape index (κ1) is 57.7. The molecular formula is C50H98N2O6P+. The number of phosphoric acid groups is 1. The standard InChI is InChI=1S/C50H97N2O6P/c1-6-8-10-12-14-16-18-20-21-22-23-24-25-26-27-28-29-30-31-32-34-36-38-40-42-44-50(54)51-48(47-58-59(55,56)57-46-45-52(3,4)5)49(53)43-41-39-37-35-33-19-17-15-13-11-9-7-2/h13,15,33,35,41,43,48-49,53H,6-12,14,16-32,34,36-40,42,44-47H2,1-5H3,(H-,51,54,55,56)/p+1/b15-13+,35-33+,43-41+. The van der Waals surface area contributed by atoms with Crippen molar-refractivity contribution in [3.8, 4) is 0 Å². The Hall–Kier alpha value is -1.28. The smallest absolute Gasteiger partial charge is 0.387 e. The van der Waals surface area contributed by atoms with Crippen LogP contribution in [0.5, 0.6) is 0 Å². The van der Waals surface area contributed by atoms with Crippen molar-refractivity contribution in [2.24, 2.45) is 0 Å². The number of likely N-dealkylation sites (N-methyl/N-ethyl adjacent to an activating group) is 1. The molecule has 8 nitrogen and oxygen atoms in total. The molecule has 0 aliphatic carbocycles. The molecule has 0 rings (SSSR count). The van der Waals surface area contributed by atoms with Gasteiger partial charge in [-0.05, 0) is 38.5 Å². The van der Waals surface area contributed by atoms with Gasteiger partial charge in [0.25, 0.3) is 0 Å². The fraction of sp³-hybridized carbons (Fsp3) is 0.860. The largest absolute Gasteiger partial charge is 0.472 e. The van der Waals surface area contributed by atoms with Crippen molar-refractivity contribution >= 4 is 13.7 Å². The Labute approximate surface area is 366 Å². The van der Waals surface area contributed by atoms with Gasteiger partial charge in [-0.15, -0.1) is 0 Å². The molecule has 0 aromatic heterocycles. The lowest BCUT2D eigenvalue weighted by Crippen LogP contribution is -2.45. The molecule has 0 fully saturated rings. The number of hydrogen-bond donors (Lipinski definition) is 3. The minimum atomic E-state index is -4.35. The Morgan fingerprint density at radius 1 is 0.559 bits per heavy atom. The minimum absolute atomic E-state index is 0.0546. The van der Waals surface area contributed by atoms with Crippen LogP contribution in [0.2, 0.25) is 0 Å². The molecule has 3 unspecified atom stereocenters. The van der Waals surface area contributed by atoms with E-state index in [2.05, 4.69) is 43.5 Å². The topological polar surface area (TPSA) is 105 Å². The van der Waals surface area contributed by atoms with E-state index in [0.29, 0.717) is 17.4 Å². The summed E-state index contributed by atoms with van der Waals surface area (Å²) in [5, 5.41) is 13.8. The van der Waals surface area contributed by atoms with Gasteiger partial charge in [-0.1, -0.05) is 217 Å². The molecule has 0 aromatic carbocycles. The van der Waals surface area contributed by atoms with Crippen LogP contribution in [0.1, 0.15) is 226 Å². The molecule has 0 aliphatic rings. The number of nitrogens with zero attached hydrogens (tertiary/aromatic N) is 1. The van der Waals surface area contributed by atoms with Crippen LogP contribution >= 0.6 is 7.82 Å². The Balaban J connectivity index is 4.19. The summed E-state index contributed by atoms with van der Waals surface area (Å²) >= 11 is 0. The van der Waals surface area contributed by atoms with Crippen LogP contribution in [-0.4, -0.2) is 73.4 Å². The summed E-state index contributed by atoms with van der Waals surface area (Å²) in [6.07, 6.45) is 52.4. The van der Waals surface area contributed by atoms with Crippen LogP contribution in [0.15, 0.2) is 36.5 Å². The van der Waals surface area contributed by atoms with Crippen LogP contribution in [-0.2, 0) is 18.4 Å². The van der Waals surface area contributed by atoms with Crippen molar-refractivity contribution in [2.75, 3.05) is 40.9 Å². The van der Waals surface area contributed by atoms with Gasteiger partial charge in [0, 0.05) is 6.42 Å². The average molecular weight is 854 g/mol. The zero-order chi connectivity index (χ0) is 43.6. The molecule has 0 heterocycles. The number of unbranched alkanes of at least 4 members (excludes halogenated alkanes) is 28. The van der Waals surface area contributed by atoms with Crippen LogP contribution in [0.25, 0.3) is 0 Å². The number of phosphoric ester groups is 1. The van der Waals surface area contributed by atoms with Crippen molar-refractivity contribution in [2.45, 2.75) is 238 Å². The van der Waals surface area contributed by atoms with E-state index in [9.17, 15) is 19.4 Å². The molecule has 3 N–H and O–H groups in total. The lowest BCUT2D eigenvalue weighted by atomic mass is 10.0. The van der Waals surface area contributed by atoms with Gasteiger partial charge in [-0.3, -0.25) is 13.8 Å². The van der Waals surface area contributed by atoms with E-state index < -0.39 is 20.0 Å². The number of allylic oxidation sites excluding steroid dienone is 5. The molecule has 0 saturated carbocycles. The number of nitrogens with one attached hydrogen (secondary N) is 1. The second-order valence-electron chi connectivity index (χ2n) is 18.2. The fourth-order valence-electron chi connectivity index (χ4n) is 7.12. The molecule has 0 aromatic rings. The number of aliphatic hydroxyl groups is 1. The number of hydrogen-bond acceptors (Lipinski definition) is 5. The van der Waals surface area contributed by atoms with Crippen LogP contribution < -0.4 is 5.32 Å². The summed E-state index contributed by atoms with van der Waals surface area (Å²) in [6.45, 7) is 4.75. The number of carbonyl (C=O) groups is 1. The summed E-state index contributed by atoms with van der Waals surface area (Å²) in [5.41, 5.74) is 0. The first-order valence-electron chi connectivity index (χ1n) is 24.9.